The summed E-state index contributed by atoms with van der Waals surface area (Å²) in [5, 5.41) is 0.269. The molecule has 0 bridgehead atoms. The number of ketones is 1. The van der Waals surface area contributed by atoms with E-state index >= 15 is 0 Å². The van der Waals surface area contributed by atoms with Gasteiger partial charge in [0.05, 0.1) is 11.6 Å². The highest BCUT2D eigenvalue weighted by Gasteiger charge is 2.25. The standard InChI is InChI=1S/C11H10ClFO2S/c12-9-2-1-7(13)5-8(9)11(14)10-6-16-4-3-15-10/h1-2,5,10H,3-4,6H2. The lowest BCUT2D eigenvalue weighted by molar-refractivity contribution is 0.0518. The number of ether oxygens (including phenoxy) is 1. The Bertz CT molecular complexity index is 405. The molecule has 0 saturated carbocycles. The fourth-order valence-corrected chi connectivity index (χ4v) is 2.55. The lowest BCUT2D eigenvalue weighted by atomic mass is 10.1. The summed E-state index contributed by atoms with van der Waals surface area (Å²) in [7, 11) is 0. The van der Waals surface area contributed by atoms with Gasteiger partial charge in [-0.25, -0.2) is 4.39 Å². The van der Waals surface area contributed by atoms with Crippen LogP contribution in [0.15, 0.2) is 18.2 Å². The molecule has 2 rings (SSSR count). The molecule has 0 aliphatic carbocycles. The molecular weight excluding hydrogens is 251 g/mol. The molecule has 16 heavy (non-hydrogen) atoms. The third-order valence-electron chi connectivity index (χ3n) is 2.30. The number of hydrogen-bond acceptors (Lipinski definition) is 3. The molecule has 0 spiro atoms. The highest BCUT2D eigenvalue weighted by molar-refractivity contribution is 7.99. The maximum absolute atomic E-state index is 13.0. The fourth-order valence-electron chi connectivity index (χ4n) is 1.50. The van der Waals surface area contributed by atoms with Gasteiger partial charge in [-0.3, -0.25) is 4.79 Å². The minimum atomic E-state index is -0.502. The summed E-state index contributed by atoms with van der Waals surface area (Å²) in [5.41, 5.74) is 0.203. The van der Waals surface area contributed by atoms with Crippen molar-refractivity contribution in [2.75, 3.05) is 18.1 Å². The van der Waals surface area contributed by atoms with Crippen LogP contribution in [0.25, 0.3) is 0 Å². The van der Waals surface area contributed by atoms with E-state index in [1.807, 2.05) is 0 Å². The van der Waals surface area contributed by atoms with Crippen molar-refractivity contribution in [2.24, 2.45) is 0 Å². The number of rotatable bonds is 2. The Balaban J connectivity index is 2.22. The van der Waals surface area contributed by atoms with E-state index in [9.17, 15) is 9.18 Å². The van der Waals surface area contributed by atoms with E-state index in [0.717, 1.165) is 11.8 Å². The number of carbonyl (C=O) groups is 1. The Morgan fingerprint density at radius 2 is 2.38 bits per heavy atom. The molecule has 0 radical (unpaired) electrons. The van der Waals surface area contributed by atoms with Crippen molar-refractivity contribution in [3.63, 3.8) is 0 Å². The molecular formula is C11H10ClFO2S. The van der Waals surface area contributed by atoms with Crippen LogP contribution in [0.3, 0.4) is 0 Å². The van der Waals surface area contributed by atoms with Crippen LogP contribution in [0.2, 0.25) is 5.02 Å². The second-order valence-electron chi connectivity index (χ2n) is 3.42. The van der Waals surface area contributed by atoms with Gasteiger partial charge in [0.15, 0.2) is 5.78 Å². The van der Waals surface area contributed by atoms with Gasteiger partial charge in [0.1, 0.15) is 11.9 Å². The largest absolute Gasteiger partial charge is 0.368 e. The van der Waals surface area contributed by atoms with E-state index in [0.29, 0.717) is 12.4 Å². The molecule has 1 aromatic carbocycles. The second-order valence-corrected chi connectivity index (χ2v) is 4.98. The third kappa shape index (κ3) is 2.56. The lowest BCUT2D eigenvalue weighted by Gasteiger charge is -2.21. The molecule has 1 unspecified atom stereocenters. The SMILES string of the molecule is O=C(c1cc(F)ccc1Cl)C1CSCCO1. The summed E-state index contributed by atoms with van der Waals surface area (Å²) in [5.74, 6) is 0.791. The number of benzene rings is 1. The molecule has 1 atom stereocenters. The maximum atomic E-state index is 13.0. The first-order valence-electron chi connectivity index (χ1n) is 4.87. The molecule has 2 nitrogen and oxygen atoms in total. The van der Waals surface area contributed by atoms with E-state index in [1.54, 1.807) is 11.8 Å². The van der Waals surface area contributed by atoms with E-state index in [-0.39, 0.29) is 16.4 Å². The first kappa shape index (κ1) is 11.9. The maximum Gasteiger partial charge on any atom is 0.193 e. The number of halogens is 2. The Morgan fingerprint density at radius 1 is 1.56 bits per heavy atom. The van der Waals surface area contributed by atoms with Crippen molar-refractivity contribution in [2.45, 2.75) is 6.10 Å². The second kappa shape index (κ2) is 5.17. The zero-order valence-corrected chi connectivity index (χ0v) is 9.98. The highest BCUT2D eigenvalue weighted by Crippen LogP contribution is 2.22. The average Bonchev–Trinajstić information content (AvgIpc) is 2.32. The average molecular weight is 261 g/mol. The Hall–Kier alpha value is -0.580. The molecule has 0 N–H and O–H groups in total. The van der Waals surface area contributed by atoms with Crippen molar-refractivity contribution in [1.29, 1.82) is 0 Å². The molecule has 1 saturated heterocycles. The lowest BCUT2D eigenvalue weighted by Crippen LogP contribution is -2.31. The topological polar surface area (TPSA) is 26.3 Å². The van der Waals surface area contributed by atoms with Crippen LogP contribution in [0.4, 0.5) is 4.39 Å². The van der Waals surface area contributed by atoms with Crippen molar-refractivity contribution in [3.8, 4) is 0 Å². The van der Waals surface area contributed by atoms with Crippen LogP contribution in [-0.4, -0.2) is 30.0 Å². The van der Waals surface area contributed by atoms with Crippen LogP contribution in [0.1, 0.15) is 10.4 Å². The molecule has 1 aliphatic rings. The van der Waals surface area contributed by atoms with Crippen molar-refractivity contribution >= 4 is 29.1 Å². The van der Waals surface area contributed by atoms with Gasteiger partial charge in [0.2, 0.25) is 0 Å². The quantitative estimate of drug-likeness (QED) is 0.765. The van der Waals surface area contributed by atoms with Gasteiger partial charge in [0, 0.05) is 17.1 Å². The number of hydrogen-bond donors (Lipinski definition) is 0. The van der Waals surface area contributed by atoms with Gasteiger partial charge in [-0.2, -0.15) is 11.8 Å². The van der Waals surface area contributed by atoms with Crippen LogP contribution in [0, 0.1) is 5.82 Å². The monoisotopic (exact) mass is 260 g/mol. The molecule has 5 heteroatoms. The summed E-state index contributed by atoms with van der Waals surface area (Å²) < 4.78 is 18.4. The summed E-state index contributed by atoms with van der Waals surface area (Å²) in [6.07, 6.45) is -0.502. The third-order valence-corrected chi connectivity index (χ3v) is 3.63. The van der Waals surface area contributed by atoms with E-state index in [4.69, 9.17) is 16.3 Å². The summed E-state index contributed by atoms with van der Waals surface area (Å²) in [6.45, 7) is 0.550. The number of carbonyl (C=O) groups excluding carboxylic acids is 1. The zero-order valence-electron chi connectivity index (χ0n) is 8.41. The van der Waals surface area contributed by atoms with Crippen LogP contribution < -0.4 is 0 Å². The Morgan fingerprint density at radius 3 is 3.06 bits per heavy atom. The fraction of sp³-hybridized carbons (Fsp3) is 0.364. The molecule has 1 fully saturated rings. The van der Waals surface area contributed by atoms with Crippen LogP contribution >= 0.6 is 23.4 Å². The van der Waals surface area contributed by atoms with Gasteiger partial charge in [0.25, 0.3) is 0 Å². The van der Waals surface area contributed by atoms with Gasteiger partial charge >= 0.3 is 0 Å². The molecule has 1 aliphatic heterocycles. The predicted octanol–water partition coefficient (Wildman–Crippen LogP) is 2.79. The van der Waals surface area contributed by atoms with Gasteiger partial charge in [-0.15, -0.1) is 0 Å². The Labute approximate surface area is 102 Å². The molecule has 1 heterocycles. The van der Waals surface area contributed by atoms with Crippen molar-refractivity contribution < 1.29 is 13.9 Å². The first-order valence-corrected chi connectivity index (χ1v) is 6.40. The first-order chi connectivity index (χ1) is 7.68. The van der Waals surface area contributed by atoms with Gasteiger partial charge in [-0.1, -0.05) is 11.6 Å². The van der Waals surface area contributed by atoms with Crippen LogP contribution in [-0.2, 0) is 4.74 Å². The normalized spacial score (nSPS) is 20.8. The van der Waals surface area contributed by atoms with E-state index in [2.05, 4.69) is 0 Å². The van der Waals surface area contributed by atoms with Crippen molar-refractivity contribution in [3.05, 3.63) is 34.6 Å². The molecule has 0 amide bonds. The zero-order chi connectivity index (χ0) is 11.5. The Kier molecular flexibility index (Phi) is 3.84. The van der Waals surface area contributed by atoms with Crippen molar-refractivity contribution in [1.82, 2.24) is 0 Å². The number of Topliss-reactive ketones (excluding diaryl/α,β-unsaturated/α-hetero) is 1. The molecule has 86 valence electrons. The summed E-state index contributed by atoms with van der Waals surface area (Å²) >= 11 is 7.51. The van der Waals surface area contributed by atoms with Gasteiger partial charge < -0.3 is 4.74 Å². The summed E-state index contributed by atoms with van der Waals surface area (Å²) in [4.78, 5) is 12.0. The predicted molar refractivity (Wildman–Crippen MR) is 62.8 cm³/mol. The van der Waals surface area contributed by atoms with Crippen LogP contribution in [0.5, 0.6) is 0 Å². The number of thioether (sulfide) groups is 1. The smallest absolute Gasteiger partial charge is 0.193 e. The minimum Gasteiger partial charge on any atom is -0.368 e. The molecule has 1 aromatic rings. The van der Waals surface area contributed by atoms with Gasteiger partial charge in [-0.05, 0) is 18.2 Å². The summed E-state index contributed by atoms with van der Waals surface area (Å²) in [6, 6.07) is 3.78. The highest BCUT2D eigenvalue weighted by atomic mass is 35.5. The minimum absolute atomic E-state index is 0.203. The van der Waals surface area contributed by atoms with E-state index in [1.165, 1.54) is 12.1 Å². The van der Waals surface area contributed by atoms with E-state index < -0.39 is 11.9 Å². The molecule has 0 aromatic heterocycles.